The highest BCUT2D eigenvalue weighted by Gasteiger charge is 2.03. The fourth-order valence-electron chi connectivity index (χ4n) is 1.02. The van der Waals surface area contributed by atoms with E-state index in [9.17, 15) is 4.79 Å². The molecule has 0 atom stereocenters. The Morgan fingerprint density at radius 2 is 2.00 bits per heavy atom. The second kappa shape index (κ2) is 2.82. The van der Waals surface area contributed by atoms with Crippen molar-refractivity contribution in [2.75, 3.05) is 0 Å². The Morgan fingerprint density at radius 3 is 2.70 bits per heavy atom. The molecule has 0 fully saturated rings. The Kier molecular flexibility index (Phi) is 2.05. The predicted molar refractivity (Wildman–Crippen MR) is 41.8 cm³/mol. The van der Waals surface area contributed by atoms with Crippen molar-refractivity contribution in [3.63, 3.8) is 0 Å². The molecule has 0 aromatic heterocycles. The lowest BCUT2D eigenvalue weighted by atomic mass is 10.1. The van der Waals surface area contributed by atoms with Gasteiger partial charge in [-0.05, 0) is 31.9 Å². The van der Waals surface area contributed by atoms with E-state index in [1.165, 1.54) is 5.57 Å². The van der Waals surface area contributed by atoms with Gasteiger partial charge in [-0.15, -0.1) is 0 Å². The molecule has 0 aromatic rings. The number of hydrogen-bond acceptors (Lipinski definition) is 1. The van der Waals surface area contributed by atoms with Crippen LogP contribution >= 0.6 is 0 Å². The molecule has 0 saturated heterocycles. The summed E-state index contributed by atoms with van der Waals surface area (Å²) in [6.45, 7) is 4.03. The average Bonchev–Trinajstić information content (AvgIpc) is 1.96. The van der Waals surface area contributed by atoms with Crippen LogP contribution in [0.5, 0.6) is 0 Å². The van der Waals surface area contributed by atoms with E-state index in [2.05, 4.69) is 6.08 Å². The number of allylic oxidation sites excluding steroid dienone is 4. The number of ketones is 1. The molecule has 0 saturated carbocycles. The van der Waals surface area contributed by atoms with Crippen LogP contribution in [0.1, 0.15) is 26.7 Å². The summed E-state index contributed by atoms with van der Waals surface area (Å²) in [5.74, 6) is 0.255. The highest BCUT2D eigenvalue weighted by molar-refractivity contribution is 5.91. The van der Waals surface area contributed by atoms with E-state index in [0.717, 1.165) is 12.0 Å². The molecule has 54 valence electrons. The Morgan fingerprint density at radius 1 is 1.30 bits per heavy atom. The quantitative estimate of drug-likeness (QED) is 0.499. The predicted octanol–water partition coefficient (Wildman–Crippen LogP) is 2.24. The van der Waals surface area contributed by atoms with Crippen LogP contribution < -0.4 is 0 Å². The molecule has 1 heteroatoms. The van der Waals surface area contributed by atoms with E-state index >= 15 is 0 Å². The van der Waals surface area contributed by atoms with Gasteiger partial charge in [-0.1, -0.05) is 11.6 Å². The zero-order chi connectivity index (χ0) is 7.56. The van der Waals surface area contributed by atoms with E-state index in [1.54, 1.807) is 6.08 Å². The van der Waals surface area contributed by atoms with Crippen LogP contribution in [-0.4, -0.2) is 5.78 Å². The second-order valence-corrected chi connectivity index (χ2v) is 2.72. The van der Waals surface area contributed by atoms with Gasteiger partial charge in [-0.2, -0.15) is 0 Å². The zero-order valence-corrected chi connectivity index (χ0v) is 6.48. The van der Waals surface area contributed by atoms with Crippen LogP contribution in [-0.2, 0) is 4.79 Å². The Bertz CT molecular complexity index is 209. The lowest BCUT2D eigenvalue weighted by molar-refractivity contribution is -0.114. The summed E-state index contributed by atoms with van der Waals surface area (Å²) in [5.41, 5.74) is 2.35. The highest BCUT2D eigenvalue weighted by Crippen LogP contribution is 2.14. The number of carbonyl (C=O) groups is 1. The minimum absolute atomic E-state index is 0.255. The molecule has 10 heavy (non-hydrogen) atoms. The van der Waals surface area contributed by atoms with E-state index in [4.69, 9.17) is 0 Å². The summed E-state index contributed by atoms with van der Waals surface area (Å²) in [6.07, 6.45) is 5.43. The zero-order valence-electron chi connectivity index (χ0n) is 6.48. The van der Waals surface area contributed by atoms with Gasteiger partial charge >= 0.3 is 0 Å². The number of rotatable bonds is 0. The Labute approximate surface area is 61.4 Å². The summed E-state index contributed by atoms with van der Waals surface area (Å²) in [6, 6.07) is 0. The van der Waals surface area contributed by atoms with Crippen LogP contribution in [0.25, 0.3) is 0 Å². The largest absolute Gasteiger partial charge is 0.295 e. The molecule has 0 spiro atoms. The van der Waals surface area contributed by atoms with Gasteiger partial charge in [0.15, 0.2) is 5.78 Å². The van der Waals surface area contributed by atoms with Crippen LogP contribution in [0.3, 0.4) is 0 Å². The van der Waals surface area contributed by atoms with Crippen LogP contribution in [0.2, 0.25) is 0 Å². The van der Waals surface area contributed by atoms with Crippen molar-refractivity contribution in [2.24, 2.45) is 0 Å². The molecule has 1 aliphatic rings. The smallest absolute Gasteiger partial charge is 0.156 e. The van der Waals surface area contributed by atoms with Crippen molar-refractivity contribution in [3.8, 4) is 0 Å². The monoisotopic (exact) mass is 136 g/mol. The Hall–Kier alpha value is -0.850. The third-order valence-electron chi connectivity index (χ3n) is 1.84. The fourth-order valence-corrected chi connectivity index (χ4v) is 1.02. The normalized spacial score (nSPS) is 19.6. The van der Waals surface area contributed by atoms with E-state index in [1.807, 2.05) is 13.8 Å². The minimum Gasteiger partial charge on any atom is -0.295 e. The van der Waals surface area contributed by atoms with Gasteiger partial charge in [-0.3, -0.25) is 4.79 Å². The summed E-state index contributed by atoms with van der Waals surface area (Å²) < 4.78 is 0. The third-order valence-corrected chi connectivity index (χ3v) is 1.84. The van der Waals surface area contributed by atoms with Gasteiger partial charge in [0.2, 0.25) is 0 Å². The summed E-state index contributed by atoms with van der Waals surface area (Å²) in [4.78, 5) is 10.9. The second-order valence-electron chi connectivity index (χ2n) is 2.72. The fraction of sp³-hybridized carbons (Fsp3) is 0.444. The van der Waals surface area contributed by atoms with Crippen molar-refractivity contribution >= 4 is 5.78 Å². The Balaban J connectivity index is 2.87. The van der Waals surface area contributed by atoms with E-state index in [0.29, 0.717) is 6.42 Å². The van der Waals surface area contributed by atoms with Gasteiger partial charge in [0, 0.05) is 6.42 Å². The van der Waals surface area contributed by atoms with Crippen LogP contribution in [0, 0.1) is 0 Å². The molecule has 0 bridgehead atoms. The molecule has 0 heterocycles. The molecule has 0 radical (unpaired) electrons. The van der Waals surface area contributed by atoms with Gasteiger partial charge in [0.05, 0.1) is 0 Å². The molecular formula is C9H12O. The lowest BCUT2D eigenvalue weighted by Gasteiger charge is -1.94. The first kappa shape index (κ1) is 7.26. The molecular weight excluding hydrogens is 124 g/mol. The maximum atomic E-state index is 10.9. The molecule has 1 rings (SSSR count). The lowest BCUT2D eigenvalue weighted by Crippen LogP contribution is -1.89. The van der Waals surface area contributed by atoms with Gasteiger partial charge in [0.25, 0.3) is 0 Å². The van der Waals surface area contributed by atoms with Gasteiger partial charge < -0.3 is 0 Å². The summed E-state index contributed by atoms with van der Waals surface area (Å²) in [5, 5.41) is 0. The molecule has 1 nitrogen and oxygen atoms in total. The summed E-state index contributed by atoms with van der Waals surface area (Å²) >= 11 is 0. The topological polar surface area (TPSA) is 17.1 Å². The average molecular weight is 136 g/mol. The van der Waals surface area contributed by atoms with Crippen molar-refractivity contribution in [1.29, 1.82) is 0 Å². The number of hydrogen-bond donors (Lipinski definition) is 0. The minimum atomic E-state index is 0.255. The van der Waals surface area contributed by atoms with Crippen LogP contribution in [0.4, 0.5) is 0 Å². The first-order chi connectivity index (χ1) is 4.70. The first-order valence-electron chi connectivity index (χ1n) is 3.58. The molecule has 0 amide bonds. The third kappa shape index (κ3) is 1.56. The first-order valence-corrected chi connectivity index (χ1v) is 3.58. The maximum Gasteiger partial charge on any atom is 0.156 e. The van der Waals surface area contributed by atoms with Gasteiger partial charge in [0.1, 0.15) is 0 Å². The molecule has 0 aliphatic heterocycles. The van der Waals surface area contributed by atoms with E-state index in [-0.39, 0.29) is 5.78 Å². The molecule has 1 aliphatic carbocycles. The molecule has 0 N–H and O–H groups in total. The van der Waals surface area contributed by atoms with Crippen molar-refractivity contribution in [2.45, 2.75) is 26.7 Å². The van der Waals surface area contributed by atoms with E-state index < -0.39 is 0 Å². The molecule has 0 aromatic carbocycles. The standard InChI is InChI=1S/C9H12O/c1-7-4-3-5-9(10)6-8(7)2/h4,6H,3,5H2,1-2H3. The summed E-state index contributed by atoms with van der Waals surface area (Å²) in [7, 11) is 0. The number of carbonyl (C=O) groups excluding carboxylic acids is 1. The van der Waals surface area contributed by atoms with Crippen molar-refractivity contribution < 1.29 is 4.79 Å². The highest BCUT2D eigenvalue weighted by atomic mass is 16.1. The van der Waals surface area contributed by atoms with Crippen molar-refractivity contribution in [1.82, 2.24) is 0 Å². The maximum absolute atomic E-state index is 10.9. The van der Waals surface area contributed by atoms with Crippen molar-refractivity contribution in [3.05, 3.63) is 23.3 Å². The SMILES string of the molecule is CC1=CCCC(=O)C=C1C. The molecule has 0 unspecified atom stereocenters. The van der Waals surface area contributed by atoms with Gasteiger partial charge in [-0.25, -0.2) is 0 Å². The van der Waals surface area contributed by atoms with Crippen LogP contribution in [0.15, 0.2) is 23.3 Å².